The molecule has 3 aromatic heterocycles. The molecule has 0 aliphatic heterocycles. The Morgan fingerprint density at radius 2 is 2.00 bits per heavy atom. The number of rotatable bonds is 6. The molecule has 4 aromatic rings. The Hall–Kier alpha value is -2.45. The molecule has 0 aliphatic rings. The van der Waals surface area contributed by atoms with Crippen LogP contribution < -0.4 is 0 Å². The first kappa shape index (κ1) is 16.0. The fraction of sp³-hybridized carbons (Fsp3) is 0.176. The zero-order valence-corrected chi connectivity index (χ0v) is 15.1. The standard InChI is InChI=1S/C17H15N5OS2/c1-2-14-18-17(25-21-14)24-16-20-19-15(13-9-6-10-23-13)22(16)11-12-7-4-3-5-8-12/h3-10H,2,11H2,1H3. The van der Waals surface area contributed by atoms with Gasteiger partial charge < -0.3 is 4.42 Å². The summed E-state index contributed by atoms with van der Waals surface area (Å²) in [5, 5.41) is 9.46. The van der Waals surface area contributed by atoms with Crippen molar-refractivity contribution < 1.29 is 4.42 Å². The number of hydrogen-bond donors (Lipinski definition) is 0. The van der Waals surface area contributed by atoms with Crippen molar-refractivity contribution in [2.45, 2.75) is 29.4 Å². The molecule has 0 unspecified atom stereocenters. The Balaban J connectivity index is 1.70. The lowest BCUT2D eigenvalue weighted by molar-refractivity contribution is 0.569. The van der Waals surface area contributed by atoms with Crippen LogP contribution in [0.5, 0.6) is 0 Å². The summed E-state index contributed by atoms with van der Waals surface area (Å²) in [6.07, 6.45) is 2.47. The van der Waals surface area contributed by atoms with Crippen molar-refractivity contribution in [3.05, 3.63) is 60.1 Å². The minimum absolute atomic E-state index is 0.658. The number of hydrogen-bond acceptors (Lipinski definition) is 7. The molecule has 0 N–H and O–H groups in total. The predicted octanol–water partition coefficient (Wildman–Crippen LogP) is 4.15. The zero-order valence-electron chi connectivity index (χ0n) is 13.5. The van der Waals surface area contributed by atoms with E-state index in [0.717, 1.165) is 21.7 Å². The largest absolute Gasteiger partial charge is 0.461 e. The number of aromatic nitrogens is 5. The lowest BCUT2D eigenvalue weighted by Crippen LogP contribution is -2.03. The maximum Gasteiger partial charge on any atom is 0.200 e. The van der Waals surface area contributed by atoms with E-state index in [1.165, 1.54) is 28.9 Å². The number of benzene rings is 1. The van der Waals surface area contributed by atoms with Gasteiger partial charge in [0.15, 0.2) is 15.3 Å². The van der Waals surface area contributed by atoms with Crippen molar-refractivity contribution in [2.75, 3.05) is 0 Å². The van der Waals surface area contributed by atoms with E-state index in [9.17, 15) is 0 Å². The fourth-order valence-electron chi connectivity index (χ4n) is 2.36. The van der Waals surface area contributed by atoms with E-state index in [2.05, 4.69) is 31.7 Å². The first-order valence-electron chi connectivity index (χ1n) is 7.85. The minimum atomic E-state index is 0.658. The Morgan fingerprint density at radius 3 is 2.72 bits per heavy atom. The lowest BCUT2D eigenvalue weighted by Gasteiger charge is -2.08. The monoisotopic (exact) mass is 369 g/mol. The number of aryl methyl sites for hydroxylation is 1. The Morgan fingerprint density at radius 1 is 1.12 bits per heavy atom. The normalized spacial score (nSPS) is 11.1. The molecule has 1 aromatic carbocycles. The van der Waals surface area contributed by atoms with Crippen molar-refractivity contribution in [3.8, 4) is 11.6 Å². The van der Waals surface area contributed by atoms with E-state index in [1.807, 2.05) is 41.8 Å². The van der Waals surface area contributed by atoms with Crippen LogP contribution >= 0.6 is 23.3 Å². The van der Waals surface area contributed by atoms with Crippen LogP contribution in [0.1, 0.15) is 18.3 Å². The molecule has 0 bridgehead atoms. The predicted molar refractivity (Wildman–Crippen MR) is 96.7 cm³/mol. The lowest BCUT2D eigenvalue weighted by atomic mass is 10.2. The summed E-state index contributed by atoms with van der Waals surface area (Å²) in [6, 6.07) is 14.0. The SMILES string of the molecule is CCc1nsc(Sc2nnc(-c3ccco3)n2Cc2ccccc2)n1. The Labute approximate surface area is 153 Å². The molecule has 0 atom stereocenters. The van der Waals surface area contributed by atoms with Crippen LogP contribution in [-0.2, 0) is 13.0 Å². The van der Waals surface area contributed by atoms with Crippen molar-refractivity contribution in [1.29, 1.82) is 0 Å². The van der Waals surface area contributed by atoms with Crippen molar-refractivity contribution in [3.63, 3.8) is 0 Å². The summed E-state index contributed by atoms with van der Waals surface area (Å²) in [5.74, 6) is 2.26. The molecule has 8 heteroatoms. The summed E-state index contributed by atoms with van der Waals surface area (Å²) >= 11 is 2.87. The molecule has 25 heavy (non-hydrogen) atoms. The summed E-state index contributed by atoms with van der Waals surface area (Å²) < 4.78 is 12.8. The molecular formula is C17H15N5OS2. The van der Waals surface area contributed by atoms with Gasteiger partial charge in [0.25, 0.3) is 0 Å². The smallest absolute Gasteiger partial charge is 0.200 e. The van der Waals surface area contributed by atoms with Gasteiger partial charge in [0, 0.05) is 6.42 Å². The maximum atomic E-state index is 5.53. The van der Waals surface area contributed by atoms with Crippen molar-refractivity contribution in [1.82, 2.24) is 24.1 Å². The minimum Gasteiger partial charge on any atom is -0.461 e. The van der Waals surface area contributed by atoms with Crippen molar-refractivity contribution in [2.24, 2.45) is 0 Å². The topological polar surface area (TPSA) is 69.6 Å². The van der Waals surface area contributed by atoms with Crippen LogP contribution in [0.3, 0.4) is 0 Å². The van der Waals surface area contributed by atoms with Gasteiger partial charge in [0.1, 0.15) is 5.82 Å². The molecular weight excluding hydrogens is 354 g/mol. The first-order valence-corrected chi connectivity index (χ1v) is 9.44. The second kappa shape index (κ2) is 7.20. The number of furan rings is 1. The Kier molecular flexibility index (Phi) is 4.62. The van der Waals surface area contributed by atoms with E-state index < -0.39 is 0 Å². The van der Waals surface area contributed by atoms with Gasteiger partial charge in [-0.1, -0.05) is 37.3 Å². The molecule has 0 aliphatic carbocycles. The zero-order chi connectivity index (χ0) is 17.1. The molecule has 6 nitrogen and oxygen atoms in total. The average Bonchev–Trinajstić information content (AvgIpc) is 3.38. The van der Waals surface area contributed by atoms with E-state index in [-0.39, 0.29) is 0 Å². The van der Waals surface area contributed by atoms with Crippen LogP contribution in [0.25, 0.3) is 11.6 Å². The molecule has 4 rings (SSSR count). The highest BCUT2D eigenvalue weighted by atomic mass is 32.2. The van der Waals surface area contributed by atoms with E-state index in [1.54, 1.807) is 6.26 Å². The summed E-state index contributed by atoms with van der Waals surface area (Å²) in [6.45, 7) is 2.70. The third kappa shape index (κ3) is 3.49. The molecule has 0 saturated carbocycles. The van der Waals surface area contributed by atoms with Gasteiger partial charge in [0.05, 0.1) is 12.8 Å². The van der Waals surface area contributed by atoms with Crippen LogP contribution in [0, 0.1) is 0 Å². The average molecular weight is 369 g/mol. The summed E-state index contributed by atoms with van der Waals surface area (Å²) in [4.78, 5) is 4.51. The molecule has 3 heterocycles. The van der Waals surface area contributed by atoms with Gasteiger partial charge in [-0.25, -0.2) is 4.98 Å². The highest BCUT2D eigenvalue weighted by Crippen LogP contribution is 2.31. The van der Waals surface area contributed by atoms with Gasteiger partial charge in [-0.3, -0.25) is 4.57 Å². The molecule has 0 fully saturated rings. The third-order valence-electron chi connectivity index (χ3n) is 3.59. The van der Waals surface area contributed by atoms with E-state index >= 15 is 0 Å². The van der Waals surface area contributed by atoms with Gasteiger partial charge in [-0.15, -0.1) is 10.2 Å². The Bertz CT molecular complexity index is 947. The van der Waals surface area contributed by atoms with Gasteiger partial charge in [-0.2, -0.15) is 4.37 Å². The molecule has 0 radical (unpaired) electrons. The maximum absolute atomic E-state index is 5.53. The first-order chi connectivity index (χ1) is 12.3. The van der Waals surface area contributed by atoms with E-state index in [0.29, 0.717) is 18.1 Å². The van der Waals surface area contributed by atoms with Gasteiger partial charge >= 0.3 is 0 Å². The van der Waals surface area contributed by atoms with Crippen LogP contribution in [-0.4, -0.2) is 24.1 Å². The molecule has 0 spiro atoms. The highest BCUT2D eigenvalue weighted by Gasteiger charge is 2.18. The second-order valence-corrected chi connectivity index (χ2v) is 7.25. The van der Waals surface area contributed by atoms with Crippen LogP contribution in [0.15, 0.2) is 62.6 Å². The highest BCUT2D eigenvalue weighted by molar-refractivity contribution is 8.00. The third-order valence-corrected chi connectivity index (χ3v) is 5.36. The van der Waals surface area contributed by atoms with Gasteiger partial charge in [-0.05, 0) is 41.0 Å². The second-order valence-electron chi connectivity index (χ2n) is 5.29. The molecule has 126 valence electrons. The number of nitrogens with zero attached hydrogens (tertiary/aromatic N) is 5. The van der Waals surface area contributed by atoms with E-state index in [4.69, 9.17) is 4.42 Å². The van der Waals surface area contributed by atoms with Crippen molar-refractivity contribution >= 4 is 23.3 Å². The molecule has 0 amide bonds. The summed E-state index contributed by atoms with van der Waals surface area (Å²) in [7, 11) is 0. The summed E-state index contributed by atoms with van der Waals surface area (Å²) in [5.41, 5.74) is 1.17. The fourth-order valence-corrected chi connectivity index (χ4v) is 4.00. The van der Waals surface area contributed by atoms with Crippen LogP contribution in [0.2, 0.25) is 0 Å². The molecule has 0 saturated heterocycles. The quantitative estimate of drug-likeness (QED) is 0.508. The van der Waals surface area contributed by atoms with Crippen LogP contribution in [0.4, 0.5) is 0 Å². The van der Waals surface area contributed by atoms with Gasteiger partial charge in [0.2, 0.25) is 5.82 Å².